The van der Waals surface area contributed by atoms with Crippen LogP contribution in [0.3, 0.4) is 0 Å². The maximum absolute atomic E-state index is 12.0. The first-order valence-electron chi connectivity index (χ1n) is 5.22. The summed E-state index contributed by atoms with van der Waals surface area (Å²) in [5, 5.41) is 20.8. The highest BCUT2D eigenvalue weighted by Crippen LogP contribution is 2.23. The topological polar surface area (TPSA) is 98.0 Å². The Kier molecular flexibility index (Phi) is 4.11. The van der Waals surface area contributed by atoms with Crippen LogP contribution in [0.5, 0.6) is 0 Å². The third kappa shape index (κ3) is 3.19. The van der Waals surface area contributed by atoms with Crippen LogP contribution in [0.4, 0.5) is 11.5 Å². The monoisotopic (exact) mass is 312 g/mol. The number of nitrogens with one attached hydrogen (secondary N) is 1. The van der Waals surface area contributed by atoms with Crippen LogP contribution in [0.2, 0.25) is 10.2 Å². The summed E-state index contributed by atoms with van der Waals surface area (Å²) in [7, 11) is 0. The van der Waals surface area contributed by atoms with Gasteiger partial charge in [-0.2, -0.15) is 0 Å². The van der Waals surface area contributed by atoms with E-state index in [0.717, 1.165) is 6.07 Å². The Morgan fingerprint density at radius 3 is 2.55 bits per heavy atom. The number of nitro benzene ring substituents is 1. The number of carbonyl (C=O) groups excluding carboxylic acids is 1. The second-order valence-electron chi connectivity index (χ2n) is 3.61. The molecule has 0 radical (unpaired) electrons. The fourth-order valence-corrected chi connectivity index (χ4v) is 1.69. The summed E-state index contributed by atoms with van der Waals surface area (Å²) in [5.41, 5.74) is -0.520. The van der Waals surface area contributed by atoms with Gasteiger partial charge < -0.3 is 5.32 Å². The van der Waals surface area contributed by atoms with Crippen molar-refractivity contribution < 1.29 is 9.72 Å². The lowest BCUT2D eigenvalue weighted by atomic mass is 10.1. The van der Waals surface area contributed by atoms with E-state index in [0.29, 0.717) is 0 Å². The lowest BCUT2D eigenvalue weighted by Crippen LogP contribution is -2.15. The standard InChI is InChI=1S/C11H6Cl2N4O3/c12-6-1-2-8(17(19)20)7(5-6)11(18)14-10-4-3-9(13)15-16-10/h1-5H,(H,14,16,18). The van der Waals surface area contributed by atoms with Crippen molar-refractivity contribution in [3.63, 3.8) is 0 Å². The Hall–Kier alpha value is -2.25. The number of aromatic nitrogens is 2. The molecule has 20 heavy (non-hydrogen) atoms. The second kappa shape index (κ2) is 5.81. The van der Waals surface area contributed by atoms with Crippen LogP contribution in [-0.4, -0.2) is 21.0 Å². The van der Waals surface area contributed by atoms with Crippen molar-refractivity contribution in [3.8, 4) is 0 Å². The number of hydrogen-bond donors (Lipinski definition) is 1. The summed E-state index contributed by atoms with van der Waals surface area (Å²) in [4.78, 5) is 22.2. The molecule has 0 saturated carbocycles. The summed E-state index contributed by atoms with van der Waals surface area (Å²) in [5.74, 6) is -0.593. The fraction of sp³-hybridized carbons (Fsp3) is 0. The maximum atomic E-state index is 12.0. The molecule has 0 aliphatic carbocycles. The van der Waals surface area contributed by atoms with Gasteiger partial charge in [-0.05, 0) is 24.3 Å². The zero-order valence-corrected chi connectivity index (χ0v) is 11.2. The van der Waals surface area contributed by atoms with Crippen LogP contribution in [0.1, 0.15) is 10.4 Å². The summed E-state index contributed by atoms with van der Waals surface area (Å²) in [6.07, 6.45) is 0. The van der Waals surface area contributed by atoms with Crippen molar-refractivity contribution in [3.05, 3.63) is 56.2 Å². The Labute approximate surface area is 122 Å². The number of amides is 1. The Balaban J connectivity index is 2.31. The molecule has 0 saturated heterocycles. The van der Waals surface area contributed by atoms with Gasteiger partial charge in [-0.1, -0.05) is 23.2 Å². The summed E-state index contributed by atoms with van der Waals surface area (Å²) in [6, 6.07) is 6.54. The first kappa shape index (κ1) is 14.2. The smallest absolute Gasteiger partial charge is 0.282 e. The van der Waals surface area contributed by atoms with Gasteiger partial charge in [0.15, 0.2) is 11.0 Å². The van der Waals surface area contributed by atoms with Crippen molar-refractivity contribution in [1.29, 1.82) is 0 Å². The number of nitrogens with zero attached hydrogens (tertiary/aromatic N) is 3. The van der Waals surface area contributed by atoms with E-state index in [1.165, 1.54) is 24.3 Å². The molecule has 1 N–H and O–H groups in total. The van der Waals surface area contributed by atoms with Crippen LogP contribution >= 0.6 is 23.2 Å². The van der Waals surface area contributed by atoms with Crippen molar-refractivity contribution in [2.45, 2.75) is 0 Å². The molecular formula is C11H6Cl2N4O3. The van der Waals surface area contributed by atoms with Crippen molar-refractivity contribution >= 4 is 40.6 Å². The lowest BCUT2D eigenvalue weighted by molar-refractivity contribution is -0.385. The van der Waals surface area contributed by atoms with Crippen molar-refractivity contribution in [1.82, 2.24) is 10.2 Å². The molecule has 1 amide bonds. The van der Waals surface area contributed by atoms with Gasteiger partial charge >= 0.3 is 0 Å². The molecule has 0 fully saturated rings. The number of halogens is 2. The van der Waals surface area contributed by atoms with Crippen LogP contribution < -0.4 is 5.32 Å². The van der Waals surface area contributed by atoms with Crippen LogP contribution in [0.25, 0.3) is 0 Å². The normalized spacial score (nSPS) is 10.1. The molecule has 1 aromatic heterocycles. The van der Waals surface area contributed by atoms with E-state index in [9.17, 15) is 14.9 Å². The van der Waals surface area contributed by atoms with Gasteiger partial charge in [-0.3, -0.25) is 14.9 Å². The average Bonchev–Trinajstić information content (AvgIpc) is 2.41. The lowest BCUT2D eigenvalue weighted by Gasteiger charge is -2.05. The van der Waals surface area contributed by atoms with Crippen LogP contribution in [0.15, 0.2) is 30.3 Å². The molecule has 0 aliphatic heterocycles. The zero-order valence-electron chi connectivity index (χ0n) is 9.71. The summed E-state index contributed by atoms with van der Waals surface area (Å²) in [6.45, 7) is 0. The number of rotatable bonds is 3. The highest BCUT2D eigenvalue weighted by Gasteiger charge is 2.20. The van der Waals surface area contributed by atoms with E-state index in [2.05, 4.69) is 15.5 Å². The van der Waals surface area contributed by atoms with Gasteiger partial charge in [0.2, 0.25) is 0 Å². The zero-order chi connectivity index (χ0) is 14.7. The van der Waals surface area contributed by atoms with Gasteiger partial charge in [-0.15, -0.1) is 10.2 Å². The number of benzene rings is 1. The van der Waals surface area contributed by atoms with Gasteiger partial charge in [0.1, 0.15) is 5.56 Å². The Morgan fingerprint density at radius 1 is 1.20 bits per heavy atom. The third-order valence-corrected chi connectivity index (χ3v) is 2.71. The molecular weight excluding hydrogens is 307 g/mol. The third-order valence-electron chi connectivity index (χ3n) is 2.27. The van der Waals surface area contributed by atoms with E-state index in [4.69, 9.17) is 23.2 Å². The number of hydrogen-bond acceptors (Lipinski definition) is 5. The average molecular weight is 313 g/mol. The molecule has 102 valence electrons. The Morgan fingerprint density at radius 2 is 1.95 bits per heavy atom. The molecule has 7 nitrogen and oxygen atoms in total. The molecule has 0 atom stereocenters. The maximum Gasteiger partial charge on any atom is 0.282 e. The van der Waals surface area contributed by atoms with E-state index in [-0.39, 0.29) is 27.2 Å². The van der Waals surface area contributed by atoms with E-state index in [1.807, 2.05) is 0 Å². The number of carbonyl (C=O) groups is 1. The highest BCUT2D eigenvalue weighted by molar-refractivity contribution is 6.31. The molecule has 0 aliphatic rings. The highest BCUT2D eigenvalue weighted by atomic mass is 35.5. The molecule has 0 spiro atoms. The molecule has 2 aromatic rings. The minimum absolute atomic E-state index is 0.119. The van der Waals surface area contributed by atoms with Gasteiger partial charge in [0, 0.05) is 11.1 Å². The van der Waals surface area contributed by atoms with Crippen molar-refractivity contribution in [2.24, 2.45) is 0 Å². The summed E-state index contributed by atoms with van der Waals surface area (Å²) >= 11 is 11.3. The van der Waals surface area contributed by atoms with Gasteiger partial charge in [0.05, 0.1) is 4.92 Å². The molecule has 2 rings (SSSR count). The SMILES string of the molecule is O=C(Nc1ccc(Cl)nn1)c1cc(Cl)ccc1[N+](=O)[O-]. The van der Waals surface area contributed by atoms with E-state index in [1.54, 1.807) is 0 Å². The molecule has 1 aromatic carbocycles. The molecule has 1 heterocycles. The summed E-state index contributed by atoms with van der Waals surface area (Å²) < 4.78 is 0. The number of nitro groups is 1. The van der Waals surface area contributed by atoms with Gasteiger partial charge in [-0.25, -0.2) is 0 Å². The molecule has 0 bridgehead atoms. The fourth-order valence-electron chi connectivity index (χ4n) is 1.42. The van der Waals surface area contributed by atoms with E-state index < -0.39 is 10.8 Å². The van der Waals surface area contributed by atoms with Gasteiger partial charge in [0.25, 0.3) is 11.6 Å². The first-order valence-corrected chi connectivity index (χ1v) is 5.97. The molecule has 9 heteroatoms. The predicted octanol–water partition coefficient (Wildman–Crippen LogP) is 2.94. The largest absolute Gasteiger partial charge is 0.305 e. The quantitative estimate of drug-likeness (QED) is 0.694. The van der Waals surface area contributed by atoms with Crippen LogP contribution in [0, 0.1) is 10.1 Å². The Bertz CT molecular complexity index is 676. The van der Waals surface area contributed by atoms with Crippen LogP contribution in [-0.2, 0) is 0 Å². The number of anilines is 1. The molecule has 0 unspecified atom stereocenters. The van der Waals surface area contributed by atoms with Crippen molar-refractivity contribution in [2.75, 3.05) is 5.32 Å². The predicted molar refractivity (Wildman–Crippen MR) is 73.1 cm³/mol. The minimum atomic E-state index is -0.712. The minimum Gasteiger partial charge on any atom is -0.305 e. The van der Waals surface area contributed by atoms with E-state index >= 15 is 0 Å². The first-order chi connectivity index (χ1) is 9.47. The second-order valence-corrected chi connectivity index (χ2v) is 4.44.